The first-order chi connectivity index (χ1) is 14.2. The van der Waals surface area contributed by atoms with E-state index in [0.29, 0.717) is 31.0 Å². The number of anilines is 1. The first-order valence-corrected chi connectivity index (χ1v) is 9.59. The highest BCUT2D eigenvalue weighted by molar-refractivity contribution is 6.04. The number of piperazine rings is 1. The van der Waals surface area contributed by atoms with Gasteiger partial charge in [-0.3, -0.25) is 9.79 Å². The standard InChI is InChI=1S/C20H23N7O2/c1-29-14-20(28)26-8-6-25(7-9-26)16-4-5-22-17(10-16)23-18-13-27-12-15(11-21)2-3-19(27)24-18/h2-3,10,12-13H,4-9,14H2,1H3,(H,22,23). The molecule has 4 rings (SSSR count). The summed E-state index contributed by atoms with van der Waals surface area (Å²) >= 11 is 0. The minimum atomic E-state index is 0.0418. The summed E-state index contributed by atoms with van der Waals surface area (Å²) in [5.41, 5.74) is 2.57. The van der Waals surface area contributed by atoms with Crippen LogP contribution in [0.25, 0.3) is 5.65 Å². The fraction of sp³-hybridized carbons (Fsp3) is 0.400. The lowest BCUT2D eigenvalue weighted by Gasteiger charge is -2.38. The zero-order valence-corrected chi connectivity index (χ0v) is 16.3. The lowest BCUT2D eigenvalue weighted by atomic mass is 10.1. The number of carbonyl (C=O) groups is 1. The van der Waals surface area contributed by atoms with Gasteiger partial charge in [0.1, 0.15) is 24.2 Å². The minimum absolute atomic E-state index is 0.0418. The van der Waals surface area contributed by atoms with E-state index >= 15 is 0 Å². The third kappa shape index (κ3) is 4.22. The van der Waals surface area contributed by atoms with E-state index in [-0.39, 0.29) is 12.5 Å². The molecule has 0 saturated carbocycles. The molecule has 29 heavy (non-hydrogen) atoms. The zero-order valence-electron chi connectivity index (χ0n) is 16.3. The van der Waals surface area contributed by atoms with Gasteiger partial charge in [-0.05, 0) is 18.2 Å². The third-order valence-corrected chi connectivity index (χ3v) is 5.10. The molecule has 0 aliphatic carbocycles. The predicted molar refractivity (Wildman–Crippen MR) is 109 cm³/mol. The molecule has 1 amide bonds. The summed E-state index contributed by atoms with van der Waals surface area (Å²) in [6.07, 6.45) is 6.54. The quantitative estimate of drug-likeness (QED) is 0.835. The van der Waals surface area contributed by atoms with Crippen LogP contribution in [0.2, 0.25) is 0 Å². The van der Waals surface area contributed by atoms with Crippen LogP contribution in [0.4, 0.5) is 5.82 Å². The number of aliphatic imine (C=N–C) groups is 1. The fourth-order valence-electron chi connectivity index (χ4n) is 3.60. The Morgan fingerprint density at radius 1 is 1.28 bits per heavy atom. The summed E-state index contributed by atoms with van der Waals surface area (Å²) in [4.78, 5) is 25.2. The molecule has 4 heterocycles. The number of nitrogens with one attached hydrogen (secondary N) is 1. The molecule has 150 valence electrons. The van der Waals surface area contributed by atoms with Gasteiger partial charge in [-0.1, -0.05) is 0 Å². The number of nitrogens with zero attached hydrogens (tertiary/aromatic N) is 6. The van der Waals surface area contributed by atoms with Crippen molar-refractivity contribution in [1.29, 1.82) is 5.26 Å². The number of fused-ring (bicyclic) bond motifs is 1. The molecule has 1 saturated heterocycles. The van der Waals surface area contributed by atoms with Gasteiger partial charge >= 0.3 is 0 Å². The Morgan fingerprint density at radius 2 is 2.10 bits per heavy atom. The van der Waals surface area contributed by atoms with Crippen LogP contribution in [-0.2, 0) is 9.53 Å². The van der Waals surface area contributed by atoms with Crippen LogP contribution in [0.1, 0.15) is 12.0 Å². The highest BCUT2D eigenvalue weighted by atomic mass is 16.5. The van der Waals surface area contributed by atoms with Crippen molar-refractivity contribution in [3.8, 4) is 6.07 Å². The molecular formula is C20H23N7O2. The number of methoxy groups -OCH3 is 1. The molecule has 2 aliphatic rings. The minimum Gasteiger partial charge on any atom is -0.375 e. The van der Waals surface area contributed by atoms with Crippen molar-refractivity contribution in [2.45, 2.75) is 6.42 Å². The normalized spacial score (nSPS) is 17.0. The molecule has 0 unspecified atom stereocenters. The topological polar surface area (TPSA) is 98.3 Å². The summed E-state index contributed by atoms with van der Waals surface area (Å²) in [5, 5.41) is 12.3. The second kappa shape index (κ2) is 8.32. The van der Waals surface area contributed by atoms with Gasteiger partial charge in [0.25, 0.3) is 0 Å². The van der Waals surface area contributed by atoms with Gasteiger partial charge < -0.3 is 24.3 Å². The summed E-state index contributed by atoms with van der Waals surface area (Å²) in [6, 6.07) is 5.70. The van der Waals surface area contributed by atoms with Gasteiger partial charge in [-0.2, -0.15) is 5.26 Å². The predicted octanol–water partition coefficient (Wildman–Crippen LogP) is 1.09. The van der Waals surface area contributed by atoms with E-state index in [1.165, 1.54) is 5.70 Å². The van der Waals surface area contributed by atoms with E-state index in [9.17, 15) is 4.79 Å². The smallest absolute Gasteiger partial charge is 0.248 e. The number of dihydropyridines is 1. The summed E-state index contributed by atoms with van der Waals surface area (Å²) < 4.78 is 6.77. The van der Waals surface area contributed by atoms with Gasteiger partial charge in [0.15, 0.2) is 5.82 Å². The Morgan fingerprint density at radius 3 is 2.86 bits per heavy atom. The van der Waals surface area contributed by atoms with Crippen LogP contribution in [0.5, 0.6) is 0 Å². The maximum absolute atomic E-state index is 12.0. The largest absolute Gasteiger partial charge is 0.375 e. The Balaban J connectivity index is 1.41. The van der Waals surface area contributed by atoms with E-state index in [2.05, 4.69) is 32.3 Å². The Kier molecular flexibility index (Phi) is 5.44. The maximum atomic E-state index is 12.0. The molecule has 9 heteroatoms. The second-order valence-corrected chi connectivity index (χ2v) is 7.00. The van der Waals surface area contributed by atoms with Crippen LogP contribution in [0, 0.1) is 11.3 Å². The number of nitriles is 1. The van der Waals surface area contributed by atoms with Crippen molar-refractivity contribution in [3.63, 3.8) is 0 Å². The molecule has 2 aromatic heterocycles. The molecule has 0 spiro atoms. The highest BCUT2D eigenvalue weighted by Crippen LogP contribution is 2.18. The van der Waals surface area contributed by atoms with Crippen molar-refractivity contribution < 1.29 is 9.53 Å². The number of ether oxygens (including phenoxy) is 1. The molecular weight excluding hydrogens is 370 g/mol. The number of amides is 1. The maximum Gasteiger partial charge on any atom is 0.248 e. The average molecular weight is 393 g/mol. The number of carbonyl (C=O) groups excluding carboxylic acids is 1. The van der Waals surface area contributed by atoms with E-state index in [1.54, 1.807) is 19.4 Å². The van der Waals surface area contributed by atoms with E-state index in [1.807, 2.05) is 21.6 Å². The van der Waals surface area contributed by atoms with Crippen molar-refractivity contribution in [3.05, 3.63) is 41.9 Å². The Bertz CT molecular complexity index is 1010. The molecule has 0 bridgehead atoms. The fourth-order valence-corrected chi connectivity index (χ4v) is 3.60. The van der Waals surface area contributed by atoms with Gasteiger partial charge in [0.2, 0.25) is 5.91 Å². The van der Waals surface area contributed by atoms with Crippen LogP contribution in [0.15, 0.2) is 41.3 Å². The van der Waals surface area contributed by atoms with E-state index in [0.717, 1.165) is 31.0 Å². The third-order valence-electron chi connectivity index (χ3n) is 5.10. The van der Waals surface area contributed by atoms with Gasteiger partial charge in [0, 0.05) is 58.1 Å². The van der Waals surface area contributed by atoms with Crippen LogP contribution in [-0.4, -0.2) is 77.4 Å². The number of pyridine rings is 1. The number of hydrogen-bond donors (Lipinski definition) is 1. The molecule has 0 radical (unpaired) electrons. The first kappa shape index (κ1) is 19.0. The van der Waals surface area contributed by atoms with Gasteiger partial charge in [0.05, 0.1) is 11.8 Å². The Labute approximate surface area is 168 Å². The van der Waals surface area contributed by atoms with Crippen molar-refractivity contribution in [2.24, 2.45) is 4.99 Å². The van der Waals surface area contributed by atoms with Gasteiger partial charge in [-0.25, -0.2) is 4.98 Å². The van der Waals surface area contributed by atoms with E-state index < -0.39 is 0 Å². The summed E-state index contributed by atoms with van der Waals surface area (Å²) in [7, 11) is 1.54. The monoisotopic (exact) mass is 393 g/mol. The summed E-state index contributed by atoms with van der Waals surface area (Å²) in [6.45, 7) is 3.86. The van der Waals surface area contributed by atoms with E-state index in [4.69, 9.17) is 10.00 Å². The van der Waals surface area contributed by atoms with Crippen molar-refractivity contribution in [2.75, 3.05) is 51.8 Å². The first-order valence-electron chi connectivity index (χ1n) is 9.59. The number of aromatic nitrogens is 2. The molecule has 9 nitrogen and oxygen atoms in total. The lowest BCUT2D eigenvalue weighted by molar-refractivity contribution is -0.136. The summed E-state index contributed by atoms with van der Waals surface area (Å²) in [5.74, 6) is 1.50. The van der Waals surface area contributed by atoms with Crippen molar-refractivity contribution >= 4 is 23.2 Å². The molecule has 1 fully saturated rings. The van der Waals surface area contributed by atoms with Crippen LogP contribution in [0.3, 0.4) is 0 Å². The molecule has 0 atom stereocenters. The average Bonchev–Trinajstić information content (AvgIpc) is 3.15. The molecule has 1 N–H and O–H groups in total. The van der Waals surface area contributed by atoms with Crippen LogP contribution < -0.4 is 5.32 Å². The lowest BCUT2D eigenvalue weighted by Crippen LogP contribution is -2.49. The second-order valence-electron chi connectivity index (χ2n) is 7.00. The highest BCUT2D eigenvalue weighted by Gasteiger charge is 2.23. The SMILES string of the molecule is COCC(=O)N1CCN(C2=CC(Nc3cn4cc(C#N)ccc4n3)=NCC2)CC1. The number of hydrogen-bond acceptors (Lipinski definition) is 7. The van der Waals surface area contributed by atoms with Gasteiger partial charge in [-0.15, -0.1) is 0 Å². The number of imidazole rings is 1. The van der Waals surface area contributed by atoms with Crippen molar-refractivity contribution in [1.82, 2.24) is 19.2 Å². The van der Waals surface area contributed by atoms with Crippen LogP contribution >= 0.6 is 0 Å². The molecule has 0 aromatic carbocycles. The Hall–Kier alpha value is -3.38. The zero-order chi connectivity index (χ0) is 20.2. The molecule has 2 aromatic rings. The molecule has 2 aliphatic heterocycles. The number of amidine groups is 1. The number of rotatable bonds is 4.